The number of hydrogen-bond donors (Lipinski definition) is 1. The maximum atomic E-state index is 11.7. The molecule has 0 radical (unpaired) electrons. The quantitative estimate of drug-likeness (QED) is 0.459. The molecule has 0 saturated carbocycles. The highest BCUT2D eigenvalue weighted by atomic mass is 32.1. The molecule has 0 bridgehead atoms. The van der Waals surface area contributed by atoms with Crippen LogP contribution in [0, 0.1) is 0 Å². The Morgan fingerprint density at radius 1 is 1.32 bits per heavy atom. The van der Waals surface area contributed by atoms with Crippen LogP contribution in [0.15, 0.2) is 46.9 Å². The Morgan fingerprint density at radius 3 is 2.82 bits per heavy atom. The number of benzene rings is 1. The van der Waals surface area contributed by atoms with E-state index >= 15 is 0 Å². The van der Waals surface area contributed by atoms with Gasteiger partial charge in [-0.2, -0.15) is 5.10 Å². The van der Waals surface area contributed by atoms with Crippen LogP contribution in [-0.4, -0.2) is 18.7 Å². The van der Waals surface area contributed by atoms with Crippen molar-refractivity contribution in [1.82, 2.24) is 5.43 Å². The fourth-order valence-corrected chi connectivity index (χ4v) is 2.48. The van der Waals surface area contributed by atoms with Gasteiger partial charge in [-0.25, -0.2) is 5.43 Å². The molecule has 5 heteroatoms. The smallest absolute Gasteiger partial charge is 0.245 e. The van der Waals surface area contributed by atoms with E-state index in [4.69, 9.17) is 4.74 Å². The molecule has 0 aliphatic rings. The summed E-state index contributed by atoms with van der Waals surface area (Å²) in [6.45, 7) is 2.87. The van der Waals surface area contributed by atoms with E-state index in [0.717, 1.165) is 35.6 Å². The summed E-state index contributed by atoms with van der Waals surface area (Å²) in [4.78, 5) is 12.7. The maximum absolute atomic E-state index is 11.7. The second-order valence-electron chi connectivity index (χ2n) is 4.82. The standard InChI is InChI=1S/C17H20N2O2S/c1-2-3-10-21-15-8-6-14(7-9-15)13-18-19-17(20)12-16-5-4-11-22-16/h4-9,11,13H,2-3,10,12H2,1H3,(H,19,20)/b18-13-. The van der Waals surface area contributed by atoms with E-state index in [1.807, 2.05) is 41.8 Å². The molecule has 0 spiro atoms. The normalized spacial score (nSPS) is 10.8. The number of carbonyl (C=O) groups excluding carboxylic acids is 1. The van der Waals surface area contributed by atoms with Crippen molar-refractivity contribution in [3.05, 3.63) is 52.2 Å². The van der Waals surface area contributed by atoms with Gasteiger partial charge in [-0.05, 0) is 47.7 Å². The molecule has 2 aromatic rings. The van der Waals surface area contributed by atoms with Gasteiger partial charge in [0.1, 0.15) is 5.75 Å². The van der Waals surface area contributed by atoms with Gasteiger partial charge in [0, 0.05) is 4.88 Å². The molecule has 116 valence electrons. The Morgan fingerprint density at radius 2 is 2.14 bits per heavy atom. The Bertz CT molecular complexity index is 592. The molecule has 1 heterocycles. The van der Waals surface area contributed by atoms with Crippen LogP contribution >= 0.6 is 11.3 Å². The number of thiophene rings is 1. The first kappa shape index (κ1) is 16.2. The van der Waals surface area contributed by atoms with E-state index < -0.39 is 0 Å². The summed E-state index contributed by atoms with van der Waals surface area (Å²) >= 11 is 1.56. The number of rotatable bonds is 8. The van der Waals surface area contributed by atoms with Crippen molar-refractivity contribution in [2.45, 2.75) is 26.2 Å². The molecule has 1 amide bonds. The number of nitrogens with zero attached hydrogens (tertiary/aromatic N) is 1. The molecular formula is C17H20N2O2S. The van der Waals surface area contributed by atoms with Gasteiger partial charge in [0.05, 0.1) is 19.2 Å². The fourth-order valence-electron chi connectivity index (χ4n) is 1.77. The first-order valence-electron chi connectivity index (χ1n) is 7.35. The van der Waals surface area contributed by atoms with Gasteiger partial charge >= 0.3 is 0 Å². The van der Waals surface area contributed by atoms with Crippen molar-refractivity contribution in [2.24, 2.45) is 5.10 Å². The minimum absolute atomic E-state index is 0.113. The lowest BCUT2D eigenvalue weighted by atomic mass is 10.2. The third-order valence-electron chi connectivity index (χ3n) is 2.96. The zero-order valence-corrected chi connectivity index (χ0v) is 13.4. The molecule has 0 unspecified atom stereocenters. The van der Waals surface area contributed by atoms with Crippen molar-refractivity contribution in [3.63, 3.8) is 0 Å². The molecule has 1 aromatic heterocycles. The molecule has 0 saturated heterocycles. The van der Waals surface area contributed by atoms with Crippen molar-refractivity contribution in [2.75, 3.05) is 6.61 Å². The first-order chi connectivity index (χ1) is 10.8. The van der Waals surface area contributed by atoms with Gasteiger partial charge in [0.25, 0.3) is 0 Å². The molecular weight excluding hydrogens is 296 g/mol. The molecule has 0 aliphatic heterocycles. The third kappa shape index (κ3) is 5.69. The molecule has 4 nitrogen and oxygen atoms in total. The number of hydrazone groups is 1. The number of nitrogens with one attached hydrogen (secondary N) is 1. The molecule has 22 heavy (non-hydrogen) atoms. The van der Waals surface area contributed by atoms with Crippen LogP contribution in [0.5, 0.6) is 5.75 Å². The highest BCUT2D eigenvalue weighted by molar-refractivity contribution is 7.10. The minimum Gasteiger partial charge on any atom is -0.494 e. The van der Waals surface area contributed by atoms with E-state index in [1.54, 1.807) is 17.6 Å². The van der Waals surface area contributed by atoms with Gasteiger partial charge in [0.2, 0.25) is 5.91 Å². The molecule has 2 rings (SSSR count). The molecule has 0 aliphatic carbocycles. The summed E-state index contributed by atoms with van der Waals surface area (Å²) in [6, 6.07) is 11.5. The summed E-state index contributed by atoms with van der Waals surface area (Å²) in [5, 5.41) is 5.92. The first-order valence-corrected chi connectivity index (χ1v) is 8.23. The van der Waals surface area contributed by atoms with Gasteiger partial charge < -0.3 is 4.74 Å². The molecule has 1 N–H and O–H groups in total. The van der Waals surface area contributed by atoms with Gasteiger partial charge in [0.15, 0.2) is 0 Å². The van der Waals surface area contributed by atoms with Gasteiger partial charge in [-0.15, -0.1) is 11.3 Å². The van der Waals surface area contributed by atoms with Crippen LogP contribution in [-0.2, 0) is 11.2 Å². The van der Waals surface area contributed by atoms with E-state index in [0.29, 0.717) is 6.42 Å². The number of amides is 1. The summed E-state index contributed by atoms with van der Waals surface area (Å²) in [6.07, 6.45) is 4.16. The molecule has 1 aromatic carbocycles. The number of ether oxygens (including phenoxy) is 1. The zero-order chi connectivity index (χ0) is 15.6. The molecule has 0 atom stereocenters. The number of hydrogen-bond acceptors (Lipinski definition) is 4. The Kier molecular flexibility index (Phi) is 6.64. The van der Waals surface area contributed by atoms with Crippen LogP contribution in [0.2, 0.25) is 0 Å². The summed E-state index contributed by atoms with van der Waals surface area (Å²) in [7, 11) is 0. The minimum atomic E-state index is -0.113. The van der Waals surface area contributed by atoms with Crippen LogP contribution in [0.25, 0.3) is 0 Å². The van der Waals surface area contributed by atoms with Crippen molar-refractivity contribution < 1.29 is 9.53 Å². The largest absolute Gasteiger partial charge is 0.494 e. The predicted molar refractivity (Wildman–Crippen MR) is 90.6 cm³/mol. The lowest BCUT2D eigenvalue weighted by Gasteiger charge is -2.04. The van der Waals surface area contributed by atoms with E-state index in [-0.39, 0.29) is 5.91 Å². The second kappa shape index (κ2) is 9.00. The highest BCUT2D eigenvalue weighted by Crippen LogP contribution is 2.11. The molecule has 0 fully saturated rings. The summed E-state index contributed by atoms with van der Waals surface area (Å²) < 4.78 is 5.59. The van der Waals surface area contributed by atoms with E-state index in [2.05, 4.69) is 17.5 Å². The monoisotopic (exact) mass is 316 g/mol. The van der Waals surface area contributed by atoms with Crippen LogP contribution in [0.3, 0.4) is 0 Å². The highest BCUT2D eigenvalue weighted by Gasteiger charge is 2.02. The lowest BCUT2D eigenvalue weighted by Crippen LogP contribution is -2.19. The lowest BCUT2D eigenvalue weighted by molar-refractivity contribution is -0.120. The third-order valence-corrected chi connectivity index (χ3v) is 3.84. The number of carbonyl (C=O) groups is 1. The second-order valence-corrected chi connectivity index (χ2v) is 5.85. The Balaban J connectivity index is 1.76. The summed E-state index contributed by atoms with van der Waals surface area (Å²) in [5.41, 5.74) is 3.45. The van der Waals surface area contributed by atoms with Crippen molar-refractivity contribution in [1.29, 1.82) is 0 Å². The topological polar surface area (TPSA) is 50.7 Å². The average molecular weight is 316 g/mol. The fraction of sp³-hybridized carbons (Fsp3) is 0.294. The Hall–Kier alpha value is -2.14. The average Bonchev–Trinajstić information content (AvgIpc) is 3.02. The zero-order valence-electron chi connectivity index (χ0n) is 12.6. The Labute approximate surface area is 134 Å². The van der Waals surface area contributed by atoms with Crippen molar-refractivity contribution in [3.8, 4) is 5.75 Å². The van der Waals surface area contributed by atoms with Crippen molar-refractivity contribution >= 4 is 23.5 Å². The van der Waals surface area contributed by atoms with E-state index in [1.165, 1.54) is 0 Å². The number of unbranched alkanes of at least 4 members (excludes halogenated alkanes) is 1. The summed E-state index contributed by atoms with van der Waals surface area (Å²) in [5.74, 6) is 0.741. The SMILES string of the molecule is CCCCOc1ccc(/C=N\NC(=O)Cc2cccs2)cc1. The van der Waals surface area contributed by atoms with E-state index in [9.17, 15) is 4.79 Å². The van der Waals surface area contributed by atoms with Crippen LogP contribution in [0.4, 0.5) is 0 Å². The maximum Gasteiger partial charge on any atom is 0.245 e. The predicted octanol–water partition coefficient (Wildman–Crippen LogP) is 3.62. The van der Waals surface area contributed by atoms with Crippen LogP contribution < -0.4 is 10.2 Å². The van der Waals surface area contributed by atoms with Crippen LogP contribution in [0.1, 0.15) is 30.2 Å². The van der Waals surface area contributed by atoms with Gasteiger partial charge in [-0.3, -0.25) is 4.79 Å². The van der Waals surface area contributed by atoms with Gasteiger partial charge in [-0.1, -0.05) is 19.4 Å².